The highest BCUT2D eigenvalue weighted by molar-refractivity contribution is 8.42. The van der Waals surface area contributed by atoms with E-state index in [1.165, 1.54) is 9.81 Å². The van der Waals surface area contributed by atoms with E-state index in [1.807, 2.05) is 50.3 Å². The van der Waals surface area contributed by atoms with Crippen LogP contribution < -0.4 is 0 Å². The van der Waals surface area contributed by atoms with Crippen LogP contribution in [0.3, 0.4) is 0 Å². The molecule has 0 rings (SSSR count). The van der Waals surface area contributed by atoms with Crippen LogP contribution in [-0.2, 0) is 0 Å². The summed E-state index contributed by atoms with van der Waals surface area (Å²) in [4.78, 5) is 3.56. The Balaban J connectivity index is 6.82. The van der Waals surface area contributed by atoms with E-state index < -0.39 is 10.0 Å². The molecule has 1 unspecified atom stereocenters. The maximum Gasteiger partial charge on any atom is -0.00214 e. The van der Waals surface area contributed by atoms with E-state index in [2.05, 4.69) is 69.0 Å². The van der Waals surface area contributed by atoms with Crippen LogP contribution in [0.4, 0.5) is 0 Å². The fourth-order valence-electron chi connectivity index (χ4n) is 2.19. The molecule has 0 N–H and O–H groups in total. The second-order valence-corrected chi connectivity index (χ2v) is 8.17. The SMILES string of the molecule is C=C/C=C\C(=C/C=C)S(C)(/C(C=C)=C/C=C)C(/C=C\C)=C/C=C\C. The zero-order valence-corrected chi connectivity index (χ0v) is 16.1. The van der Waals surface area contributed by atoms with Crippen molar-refractivity contribution in [2.45, 2.75) is 13.8 Å². The quantitative estimate of drug-likeness (QED) is 0.361. The fourth-order valence-corrected chi connectivity index (χ4v) is 5.18. The summed E-state index contributed by atoms with van der Waals surface area (Å²) in [6.07, 6.45) is 28.2. The first kappa shape index (κ1) is 21.8. The van der Waals surface area contributed by atoms with Gasteiger partial charge in [0.1, 0.15) is 0 Å². The molecule has 0 fully saturated rings. The van der Waals surface area contributed by atoms with Crippen molar-refractivity contribution >= 4 is 10.0 Å². The van der Waals surface area contributed by atoms with E-state index in [1.54, 1.807) is 6.08 Å². The lowest BCUT2D eigenvalue weighted by Gasteiger charge is -2.40. The molecule has 0 spiro atoms. The Labute approximate surface area is 150 Å². The molecule has 0 amide bonds. The maximum absolute atomic E-state index is 4.03. The standard InChI is InChI=1S/C23H30S/c1-8-14-19-22(17-11-4)24(7,21(13-6)16-10-3)23(18-12-5)20-15-9-2/h8-20H,1,3-4,6H2,2,5,7H3/b15-9-,18-12-,19-14-,21-16+,22-17+,23-20+. The minimum absolute atomic E-state index is 1.15. The molecule has 0 heterocycles. The molecule has 0 aliphatic rings. The molecule has 0 saturated carbocycles. The van der Waals surface area contributed by atoms with Crippen LogP contribution in [0.15, 0.2) is 120 Å². The van der Waals surface area contributed by atoms with Crippen LogP contribution in [-0.4, -0.2) is 6.26 Å². The molecule has 1 atom stereocenters. The highest BCUT2D eigenvalue weighted by Crippen LogP contribution is 2.66. The molecule has 0 radical (unpaired) electrons. The molecule has 0 bridgehead atoms. The van der Waals surface area contributed by atoms with E-state index in [4.69, 9.17) is 0 Å². The van der Waals surface area contributed by atoms with Gasteiger partial charge in [-0.1, -0.05) is 93.2 Å². The van der Waals surface area contributed by atoms with Crippen molar-refractivity contribution < 1.29 is 0 Å². The van der Waals surface area contributed by atoms with Gasteiger partial charge >= 0.3 is 0 Å². The van der Waals surface area contributed by atoms with Crippen molar-refractivity contribution in [1.82, 2.24) is 0 Å². The normalized spacial score (nSPS) is 17.9. The Morgan fingerprint density at radius 2 is 1.25 bits per heavy atom. The second-order valence-electron chi connectivity index (χ2n) is 4.92. The summed E-state index contributed by atoms with van der Waals surface area (Å²) in [5.41, 5.74) is 0. The number of hydrogen-bond acceptors (Lipinski definition) is 0. The lowest BCUT2D eigenvalue weighted by molar-refractivity contribution is 1.66. The van der Waals surface area contributed by atoms with Crippen molar-refractivity contribution in [3.8, 4) is 0 Å². The molecular weight excluding hydrogens is 308 g/mol. The summed E-state index contributed by atoms with van der Waals surface area (Å²) >= 11 is 0. The first-order valence-electron chi connectivity index (χ1n) is 7.87. The Morgan fingerprint density at radius 1 is 0.667 bits per heavy atom. The van der Waals surface area contributed by atoms with Gasteiger partial charge in [0.15, 0.2) is 0 Å². The molecule has 0 aliphatic heterocycles. The van der Waals surface area contributed by atoms with Crippen LogP contribution in [0.5, 0.6) is 0 Å². The molecule has 0 nitrogen and oxygen atoms in total. The van der Waals surface area contributed by atoms with Gasteiger partial charge in [-0.15, -0.1) is 0 Å². The van der Waals surface area contributed by atoms with Crippen molar-refractivity contribution in [3.63, 3.8) is 0 Å². The van der Waals surface area contributed by atoms with Crippen LogP contribution in [0.25, 0.3) is 0 Å². The minimum Gasteiger partial charge on any atom is -0.163 e. The van der Waals surface area contributed by atoms with Crippen molar-refractivity contribution in [2.24, 2.45) is 0 Å². The van der Waals surface area contributed by atoms with E-state index in [-0.39, 0.29) is 0 Å². The summed E-state index contributed by atoms with van der Waals surface area (Å²) in [6, 6.07) is 0. The third-order valence-electron chi connectivity index (χ3n) is 3.36. The monoisotopic (exact) mass is 338 g/mol. The Morgan fingerprint density at radius 3 is 1.71 bits per heavy atom. The minimum atomic E-state index is -1.49. The van der Waals surface area contributed by atoms with Gasteiger partial charge in [-0.3, -0.25) is 0 Å². The average molecular weight is 339 g/mol. The van der Waals surface area contributed by atoms with Crippen LogP contribution in [0.2, 0.25) is 0 Å². The number of allylic oxidation sites excluding steroid dienone is 13. The smallest absolute Gasteiger partial charge is 0.00214 e. The molecule has 0 aromatic carbocycles. The first-order valence-corrected chi connectivity index (χ1v) is 9.91. The maximum atomic E-state index is 4.03. The van der Waals surface area contributed by atoms with E-state index in [9.17, 15) is 0 Å². The van der Waals surface area contributed by atoms with Crippen molar-refractivity contribution in [1.29, 1.82) is 0 Å². The van der Waals surface area contributed by atoms with Gasteiger partial charge in [-0.25, -0.2) is 0 Å². The molecule has 0 aliphatic carbocycles. The Kier molecular flexibility index (Phi) is 11.1. The molecule has 128 valence electrons. The highest BCUT2D eigenvalue weighted by atomic mass is 32.3. The summed E-state index contributed by atoms with van der Waals surface area (Å²) < 4.78 is 0. The Bertz CT molecular complexity index is 629. The van der Waals surface area contributed by atoms with E-state index in [0.717, 1.165) is 4.91 Å². The largest absolute Gasteiger partial charge is 0.163 e. The molecule has 1 heteroatoms. The van der Waals surface area contributed by atoms with E-state index >= 15 is 0 Å². The topological polar surface area (TPSA) is 0 Å². The van der Waals surface area contributed by atoms with Gasteiger partial charge < -0.3 is 0 Å². The highest BCUT2D eigenvalue weighted by Gasteiger charge is 2.27. The van der Waals surface area contributed by atoms with E-state index in [0.29, 0.717) is 0 Å². The number of rotatable bonds is 10. The van der Waals surface area contributed by atoms with Crippen molar-refractivity contribution in [3.05, 3.63) is 120 Å². The predicted molar refractivity (Wildman–Crippen MR) is 117 cm³/mol. The molecular formula is C23H30S. The van der Waals surface area contributed by atoms with Gasteiger partial charge in [-0.2, -0.15) is 10.0 Å². The Hall–Kier alpha value is -2.25. The molecule has 0 aromatic rings. The first-order chi connectivity index (χ1) is 11.6. The van der Waals surface area contributed by atoms with Crippen LogP contribution >= 0.6 is 10.0 Å². The number of hydrogen-bond donors (Lipinski definition) is 0. The van der Waals surface area contributed by atoms with Gasteiger partial charge in [0, 0.05) is 0 Å². The average Bonchev–Trinajstić information content (AvgIpc) is 2.59. The molecule has 0 aromatic heterocycles. The third kappa shape index (κ3) is 5.75. The summed E-state index contributed by atoms with van der Waals surface area (Å²) in [5, 5.41) is 0. The van der Waals surface area contributed by atoms with Gasteiger partial charge in [0.05, 0.1) is 0 Å². The second kappa shape index (κ2) is 12.2. The zero-order valence-electron chi connectivity index (χ0n) is 15.2. The summed E-state index contributed by atoms with van der Waals surface area (Å²) in [6.45, 7) is 19.6. The van der Waals surface area contributed by atoms with Crippen molar-refractivity contribution in [2.75, 3.05) is 6.26 Å². The summed E-state index contributed by atoms with van der Waals surface area (Å²) in [5.74, 6) is 0. The molecule has 24 heavy (non-hydrogen) atoms. The zero-order chi connectivity index (χ0) is 18.4. The third-order valence-corrected chi connectivity index (χ3v) is 7.04. The molecule has 0 saturated heterocycles. The van der Waals surface area contributed by atoms with Gasteiger partial charge in [0.25, 0.3) is 0 Å². The lowest BCUT2D eigenvalue weighted by Crippen LogP contribution is -2.05. The van der Waals surface area contributed by atoms with Crippen LogP contribution in [0.1, 0.15) is 13.8 Å². The van der Waals surface area contributed by atoms with Crippen LogP contribution in [0, 0.1) is 0 Å². The lowest BCUT2D eigenvalue weighted by atomic mass is 10.4. The van der Waals surface area contributed by atoms with Gasteiger partial charge in [-0.05, 0) is 47.0 Å². The summed E-state index contributed by atoms with van der Waals surface area (Å²) in [7, 11) is -1.49. The van der Waals surface area contributed by atoms with Gasteiger partial charge in [0.2, 0.25) is 0 Å². The predicted octanol–water partition coefficient (Wildman–Crippen LogP) is 7.52. The fraction of sp³-hybridized carbons (Fsp3) is 0.130.